The molecular weight excluding hydrogens is 225 g/mol. The van der Waals surface area contributed by atoms with Gasteiger partial charge in [-0.2, -0.15) is 0 Å². The van der Waals surface area contributed by atoms with Gasteiger partial charge in [0, 0.05) is 12.0 Å². The first-order chi connectivity index (χ1) is 8.45. The van der Waals surface area contributed by atoms with Crippen LogP contribution in [-0.2, 0) is 6.42 Å². The van der Waals surface area contributed by atoms with Crippen molar-refractivity contribution in [2.45, 2.75) is 27.2 Å². The molecule has 0 spiro atoms. The Morgan fingerprint density at radius 3 is 2.72 bits per heavy atom. The SMILES string of the molecule is C=CC(C)(CNCC(C)C)Cc1cccc(F)c1. The van der Waals surface area contributed by atoms with Gasteiger partial charge in [-0.25, -0.2) is 4.39 Å². The van der Waals surface area contributed by atoms with Crippen molar-refractivity contribution < 1.29 is 4.39 Å². The highest BCUT2D eigenvalue weighted by Gasteiger charge is 2.20. The lowest BCUT2D eigenvalue weighted by molar-refractivity contribution is 0.377. The van der Waals surface area contributed by atoms with Crippen LogP contribution in [0.15, 0.2) is 36.9 Å². The van der Waals surface area contributed by atoms with Crippen LogP contribution in [0.2, 0.25) is 0 Å². The van der Waals surface area contributed by atoms with Gasteiger partial charge in [0.05, 0.1) is 0 Å². The maximum absolute atomic E-state index is 13.2. The van der Waals surface area contributed by atoms with E-state index in [0.717, 1.165) is 25.1 Å². The van der Waals surface area contributed by atoms with E-state index in [1.165, 1.54) is 6.07 Å². The molecule has 1 aromatic rings. The molecule has 1 rings (SSSR count). The Bertz CT molecular complexity index is 386. The number of hydrogen-bond donors (Lipinski definition) is 1. The predicted molar refractivity (Wildman–Crippen MR) is 76.1 cm³/mol. The van der Waals surface area contributed by atoms with Crippen molar-refractivity contribution in [2.24, 2.45) is 11.3 Å². The Morgan fingerprint density at radius 1 is 1.44 bits per heavy atom. The normalized spacial score (nSPS) is 14.5. The Balaban J connectivity index is 2.61. The Kier molecular flexibility index (Phi) is 5.54. The Labute approximate surface area is 110 Å². The van der Waals surface area contributed by atoms with Crippen LogP contribution in [0.5, 0.6) is 0 Å². The number of halogens is 1. The second kappa shape index (κ2) is 6.69. The summed E-state index contributed by atoms with van der Waals surface area (Å²) in [7, 11) is 0. The van der Waals surface area contributed by atoms with Gasteiger partial charge in [-0.3, -0.25) is 0 Å². The zero-order valence-corrected chi connectivity index (χ0v) is 11.7. The van der Waals surface area contributed by atoms with E-state index in [-0.39, 0.29) is 11.2 Å². The van der Waals surface area contributed by atoms with Crippen LogP contribution >= 0.6 is 0 Å². The Hall–Kier alpha value is -1.15. The molecule has 1 nitrogen and oxygen atoms in total. The van der Waals surface area contributed by atoms with Crippen molar-refractivity contribution in [3.63, 3.8) is 0 Å². The first kappa shape index (κ1) is 14.9. The molecule has 0 aliphatic heterocycles. The number of rotatable bonds is 7. The van der Waals surface area contributed by atoms with Gasteiger partial charge < -0.3 is 5.32 Å². The summed E-state index contributed by atoms with van der Waals surface area (Å²) in [5.74, 6) is 0.460. The van der Waals surface area contributed by atoms with Crippen LogP contribution in [-0.4, -0.2) is 13.1 Å². The molecule has 0 radical (unpaired) electrons. The average molecular weight is 249 g/mol. The first-order valence-electron chi connectivity index (χ1n) is 6.54. The van der Waals surface area contributed by atoms with Gasteiger partial charge in [0.1, 0.15) is 5.82 Å². The fourth-order valence-electron chi connectivity index (χ4n) is 1.97. The summed E-state index contributed by atoms with van der Waals surface area (Å²) < 4.78 is 13.2. The van der Waals surface area contributed by atoms with Gasteiger partial charge >= 0.3 is 0 Å². The van der Waals surface area contributed by atoms with E-state index in [1.807, 2.05) is 12.1 Å². The van der Waals surface area contributed by atoms with E-state index in [2.05, 4.69) is 32.7 Å². The molecule has 0 fully saturated rings. The van der Waals surface area contributed by atoms with Crippen molar-refractivity contribution in [2.75, 3.05) is 13.1 Å². The highest BCUT2D eigenvalue weighted by atomic mass is 19.1. The minimum absolute atomic E-state index is 0.0390. The lowest BCUT2D eigenvalue weighted by Gasteiger charge is -2.27. The van der Waals surface area contributed by atoms with Crippen LogP contribution in [0.4, 0.5) is 4.39 Å². The fourth-order valence-corrected chi connectivity index (χ4v) is 1.97. The molecule has 1 aromatic carbocycles. The van der Waals surface area contributed by atoms with Crippen molar-refractivity contribution in [1.29, 1.82) is 0 Å². The maximum Gasteiger partial charge on any atom is 0.123 e. The highest BCUT2D eigenvalue weighted by Crippen LogP contribution is 2.23. The summed E-state index contributed by atoms with van der Waals surface area (Å²) in [6.07, 6.45) is 2.77. The van der Waals surface area contributed by atoms with Crippen LogP contribution < -0.4 is 5.32 Å². The molecule has 100 valence electrons. The van der Waals surface area contributed by atoms with Crippen LogP contribution in [0.3, 0.4) is 0 Å². The molecule has 0 aliphatic carbocycles. The molecule has 2 heteroatoms. The zero-order chi connectivity index (χ0) is 13.6. The van der Waals surface area contributed by atoms with Crippen LogP contribution in [0, 0.1) is 17.2 Å². The highest BCUT2D eigenvalue weighted by molar-refractivity contribution is 5.19. The van der Waals surface area contributed by atoms with Crippen molar-refractivity contribution in [3.05, 3.63) is 48.3 Å². The summed E-state index contributed by atoms with van der Waals surface area (Å²) >= 11 is 0. The first-order valence-corrected chi connectivity index (χ1v) is 6.54. The zero-order valence-electron chi connectivity index (χ0n) is 11.7. The number of hydrogen-bond acceptors (Lipinski definition) is 1. The third-order valence-corrected chi connectivity index (χ3v) is 3.07. The molecule has 0 aliphatic rings. The standard InChI is InChI=1S/C16H24FN/c1-5-16(4,12-18-11-13(2)3)10-14-7-6-8-15(17)9-14/h5-9,13,18H,1,10-12H2,2-4H3. The number of nitrogens with one attached hydrogen (secondary N) is 1. The predicted octanol–water partition coefficient (Wildman–Crippen LogP) is 3.81. The summed E-state index contributed by atoms with van der Waals surface area (Å²) in [5, 5.41) is 3.45. The molecule has 1 unspecified atom stereocenters. The summed E-state index contributed by atoms with van der Waals surface area (Å²) in [6, 6.07) is 6.80. The van der Waals surface area contributed by atoms with Gasteiger partial charge in [0.2, 0.25) is 0 Å². The molecule has 0 bridgehead atoms. The van der Waals surface area contributed by atoms with E-state index in [9.17, 15) is 4.39 Å². The topological polar surface area (TPSA) is 12.0 Å². The van der Waals surface area contributed by atoms with Gasteiger partial charge in [-0.15, -0.1) is 6.58 Å². The summed E-state index contributed by atoms with van der Waals surface area (Å²) in [6.45, 7) is 12.3. The van der Waals surface area contributed by atoms with E-state index in [1.54, 1.807) is 12.1 Å². The second-order valence-electron chi connectivity index (χ2n) is 5.69. The van der Waals surface area contributed by atoms with Gasteiger partial charge in [0.15, 0.2) is 0 Å². The van der Waals surface area contributed by atoms with Gasteiger partial charge in [0.25, 0.3) is 0 Å². The third kappa shape index (κ3) is 5.01. The minimum atomic E-state index is -0.172. The quantitative estimate of drug-likeness (QED) is 0.725. The molecule has 0 amide bonds. The molecule has 1 N–H and O–H groups in total. The van der Waals surface area contributed by atoms with E-state index in [0.29, 0.717) is 5.92 Å². The van der Waals surface area contributed by atoms with E-state index in [4.69, 9.17) is 0 Å². The average Bonchev–Trinajstić information content (AvgIpc) is 2.28. The van der Waals surface area contributed by atoms with E-state index >= 15 is 0 Å². The second-order valence-corrected chi connectivity index (χ2v) is 5.69. The molecule has 0 saturated carbocycles. The third-order valence-electron chi connectivity index (χ3n) is 3.07. The smallest absolute Gasteiger partial charge is 0.123 e. The molecule has 0 aromatic heterocycles. The summed E-state index contributed by atoms with van der Waals surface area (Å²) in [5.41, 5.74) is 0.978. The number of benzene rings is 1. The molecule has 1 atom stereocenters. The molecule has 0 saturated heterocycles. The fraction of sp³-hybridized carbons (Fsp3) is 0.500. The van der Waals surface area contributed by atoms with Crippen molar-refractivity contribution in [1.82, 2.24) is 5.32 Å². The monoisotopic (exact) mass is 249 g/mol. The molecule has 18 heavy (non-hydrogen) atoms. The van der Waals surface area contributed by atoms with Crippen molar-refractivity contribution in [3.8, 4) is 0 Å². The van der Waals surface area contributed by atoms with Crippen LogP contribution in [0.1, 0.15) is 26.3 Å². The molecular formula is C16H24FN. The Morgan fingerprint density at radius 2 is 2.17 bits per heavy atom. The van der Waals surface area contributed by atoms with Gasteiger partial charge in [-0.1, -0.05) is 39.0 Å². The van der Waals surface area contributed by atoms with E-state index < -0.39 is 0 Å². The largest absolute Gasteiger partial charge is 0.316 e. The molecule has 0 heterocycles. The maximum atomic E-state index is 13.2. The van der Waals surface area contributed by atoms with Gasteiger partial charge in [-0.05, 0) is 36.6 Å². The minimum Gasteiger partial charge on any atom is -0.316 e. The van der Waals surface area contributed by atoms with Crippen LogP contribution in [0.25, 0.3) is 0 Å². The van der Waals surface area contributed by atoms with Crippen molar-refractivity contribution >= 4 is 0 Å². The lowest BCUT2D eigenvalue weighted by Crippen LogP contribution is -2.34. The lowest BCUT2D eigenvalue weighted by atomic mass is 9.83. The summed E-state index contributed by atoms with van der Waals surface area (Å²) in [4.78, 5) is 0.